The predicted molar refractivity (Wildman–Crippen MR) is 64.5 cm³/mol. The third kappa shape index (κ3) is 1.04. The van der Waals surface area contributed by atoms with E-state index in [1.807, 2.05) is 0 Å². The smallest absolute Gasteiger partial charge is 0.0115 e. The minimum atomic E-state index is 0.672. The van der Waals surface area contributed by atoms with Crippen LogP contribution in [0, 0.1) is 35.0 Å². The molecule has 4 aliphatic carbocycles. The SMILES string of the molecule is C=C1CC[C@@H]2[C@H]3[C@@H](C(C)C)CC[C@]2(C)[C@@H]13. The second kappa shape index (κ2) is 2.90. The predicted octanol–water partition coefficient (Wildman–Crippen LogP) is 4.27. The Kier molecular flexibility index (Phi) is 1.92. The Morgan fingerprint density at radius 3 is 2.67 bits per heavy atom. The summed E-state index contributed by atoms with van der Waals surface area (Å²) in [6, 6.07) is 0. The first-order valence-corrected chi connectivity index (χ1v) is 6.73. The van der Waals surface area contributed by atoms with Crippen LogP contribution in [0.25, 0.3) is 0 Å². The molecular formula is C15H24. The van der Waals surface area contributed by atoms with Crippen LogP contribution < -0.4 is 0 Å². The molecule has 4 fully saturated rings. The van der Waals surface area contributed by atoms with Gasteiger partial charge in [0.1, 0.15) is 0 Å². The number of fused-ring (bicyclic) bond motifs is 2. The topological polar surface area (TPSA) is 0 Å². The molecule has 0 heterocycles. The summed E-state index contributed by atoms with van der Waals surface area (Å²) in [4.78, 5) is 0. The van der Waals surface area contributed by atoms with Crippen molar-refractivity contribution in [1.29, 1.82) is 0 Å². The fourth-order valence-electron chi connectivity index (χ4n) is 5.32. The molecule has 84 valence electrons. The van der Waals surface area contributed by atoms with Crippen LogP contribution >= 0.6 is 0 Å². The van der Waals surface area contributed by atoms with E-state index < -0.39 is 0 Å². The van der Waals surface area contributed by atoms with Crippen LogP contribution in [0.1, 0.15) is 46.5 Å². The Labute approximate surface area is 94.1 Å². The molecule has 4 saturated carbocycles. The van der Waals surface area contributed by atoms with E-state index >= 15 is 0 Å². The van der Waals surface area contributed by atoms with Crippen LogP contribution in [0.15, 0.2) is 12.2 Å². The van der Waals surface area contributed by atoms with Gasteiger partial charge in [0.2, 0.25) is 0 Å². The molecule has 0 heteroatoms. The van der Waals surface area contributed by atoms with Crippen molar-refractivity contribution >= 4 is 0 Å². The maximum absolute atomic E-state index is 4.35. The maximum atomic E-state index is 4.35. The third-order valence-electron chi connectivity index (χ3n) is 5.99. The van der Waals surface area contributed by atoms with Crippen LogP contribution in [-0.2, 0) is 0 Å². The normalized spacial score (nSPS) is 52.9. The summed E-state index contributed by atoms with van der Waals surface area (Å²) in [5.41, 5.74) is 2.26. The van der Waals surface area contributed by atoms with Crippen LogP contribution in [-0.4, -0.2) is 0 Å². The summed E-state index contributed by atoms with van der Waals surface area (Å²) < 4.78 is 0. The van der Waals surface area contributed by atoms with E-state index in [4.69, 9.17) is 0 Å². The molecule has 0 saturated heterocycles. The summed E-state index contributed by atoms with van der Waals surface area (Å²) in [7, 11) is 0. The molecule has 0 aromatic heterocycles. The number of hydrogen-bond donors (Lipinski definition) is 0. The van der Waals surface area contributed by atoms with E-state index in [9.17, 15) is 0 Å². The molecular weight excluding hydrogens is 180 g/mol. The first-order chi connectivity index (χ1) is 7.05. The van der Waals surface area contributed by atoms with Crippen LogP contribution in [0.4, 0.5) is 0 Å². The lowest BCUT2D eigenvalue weighted by Crippen LogP contribution is -2.64. The van der Waals surface area contributed by atoms with Gasteiger partial charge in [-0.25, -0.2) is 0 Å². The summed E-state index contributed by atoms with van der Waals surface area (Å²) in [5, 5.41) is 0. The lowest BCUT2D eigenvalue weighted by molar-refractivity contribution is -0.194. The summed E-state index contributed by atoms with van der Waals surface area (Å²) >= 11 is 0. The minimum absolute atomic E-state index is 0.672. The zero-order valence-corrected chi connectivity index (χ0v) is 10.4. The summed E-state index contributed by atoms with van der Waals surface area (Å²) in [6.45, 7) is 11.7. The molecule has 4 aliphatic rings. The molecule has 5 atom stereocenters. The van der Waals surface area contributed by atoms with Gasteiger partial charge in [-0.15, -0.1) is 0 Å². The first kappa shape index (κ1) is 9.93. The van der Waals surface area contributed by atoms with Crippen molar-refractivity contribution in [3.8, 4) is 0 Å². The number of allylic oxidation sites excluding steroid dienone is 1. The molecule has 0 aromatic carbocycles. The second-order valence-corrected chi connectivity index (χ2v) is 6.81. The fourth-order valence-corrected chi connectivity index (χ4v) is 5.32. The van der Waals surface area contributed by atoms with Crippen molar-refractivity contribution in [3.05, 3.63) is 12.2 Å². The molecule has 15 heavy (non-hydrogen) atoms. The molecule has 0 unspecified atom stereocenters. The van der Waals surface area contributed by atoms with Crippen molar-refractivity contribution < 1.29 is 0 Å². The average Bonchev–Trinajstić information content (AvgIpc) is 2.17. The highest BCUT2D eigenvalue weighted by molar-refractivity contribution is 5.26. The van der Waals surface area contributed by atoms with Gasteiger partial charge in [0, 0.05) is 0 Å². The average molecular weight is 204 g/mol. The molecule has 0 N–H and O–H groups in total. The number of hydrogen-bond acceptors (Lipinski definition) is 0. The molecule has 0 spiro atoms. The Morgan fingerprint density at radius 2 is 2.07 bits per heavy atom. The van der Waals surface area contributed by atoms with Gasteiger partial charge >= 0.3 is 0 Å². The summed E-state index contributed by atoms with van der Waals surface area (Å²) in [5.74, 6) is 4.85. The van der Waals surface area contributed by atoms with Crippen LogP contribution in [0.2, 0.25) is 0 Å². The Bertz CT molecular complexity index is 299. The van der Waals surface area contributed by atoms with Crippen molar-refractivity contribution in [3.63, 3.8) is 0 Å². The Balaban J connectivity index is 1.93. The zero-order valence-electron chi connectivity index (χ0n) is 10.4. The van der Waals surface area contributed by atoms with Gasteiger partial charge in [0.25, 0.3) is 0 Å². The van der Waals surface area contributed by atoms with Crippen molar-refractivity contribution in [2.45, 2.75) is 46.5 Å². The fraction of sp³-hybridized carbons (Fsp3) is 0.867. The molecule has 0 nitrogen and oxygen atoms in total. The standard InChI is InChI=1S/C15H24/c1-9(2)11-7-8-15(4)12-6-5-10(3)14(15)13(11)12/h9,11-14H,3,5-8H2,1-2,4H3/t11-,12-,13-,14+,15+/m1/s1. The molecule has 0 amide bonds. The highest BCUT2D eigenvalue weighted by atomic mass is 14.7. The van der Waals surface area contributed by atoms with Gasteiger partial charge in [-0.1, -0.05) is 32.9 Å². The van der Waals surface area contributed by atoms with E-state index in [0.717, 1.165) is 29.6 Å². The van der Waals surface area contributed by atoms with Gasteiger partial charge in [0.05, 0.1) is 0 Å². The lowest BCUT2D eigenvalue weighted by Gasteiger charge is -2.71. The highest BCUT2D eigenvalue weighted by Crippen LogP contribution is 2.72. The molecule has 0 aliphatic heterocycles. The minimum Gasteiger partial charge on any atom is -0.0995 e. The molecule has 0 aromatic rings. The second-order valence-electron chi connectivity index (χ2n) is 6.81. The third-order valence-corrected chi connectivity index (χ3v) is 5.99. The molecule has 0 radical (unpaired) electrons. The van der Waals surface area contributed by atoms with E-state index in [2.05, 4.69) is 27.4 Å². The van der Waals surface area contributed by atoms with Crippen molar-refractivity contribution in [2.24, 2.45) is 35.0 Å². The molecule has 4 rings (SSSR count). The highest BCUT2D eigenvalue weighted by Gasteiger charge is 2.65. The van der Waals surface area contributed by atoms with E-state index in [-0.39, 0.29) is 0 Å². The van der Waals surface area contributed by atoms with Gasteiger partial charge in [-0.3, -0.25) is 0 Å². The zero-order chi connectivity index (χ0) is 10.8. The van der Waals surface area contributed by atoms with E-state index in [1.165, 1.54) is 25.7 Å². The molecule has 4 bridgehead atoms. The van der Waals surface area contributed by atoms with Gasteiger partial charge < -0.3 is 0 Å². The lowest BCUT2D eigenvalue weighted by atomic mass is 9.33. The Morgan fingerprint density at radius 1 is 1.33 bits per heavy atom. The Hall–Kier alpha value is -0.260. The van der Waals surface area contributed by atoms with Crippen LogP contribution in [0.3, 0.4) is 0 Å². The summed E-state index contributed by atoms with van der Waals surface area (Å²) in [6.07, 6.45) is 5.73. The monoisotopic (exact) mass is 204 g/mol. The maximum Gasteiger partial charge on any atom is -0.0115 e. The van der Waals surface area contributed by atoms with Crippen molar-refractivity contribution in [1.82, 2.24) is 0 Å². The van der Waals surface area contributed by atoms with Gasteiger partial charge in [-0.05, 0) is 60.7 Å². The largest absolute Gasteiger partial charge is 0.0995 e. The van der Waals surface area contributed by atoms with Gasteiger partial charge in [-0.2, -0.15) is 0 Å². The van der Waals surface area contributed by atoms with E-state index in [0.29, 0.717) is 5.41 Å². The van der Waals surface area contributed by atoms with Gasteiger partial charge in [0.15, 0.2) is 0 Å². The first-order valence-electron chi connectivity index (χ1n) is 6.73. The quantitative estimate of drug-likeness (QED) is 0.559. The number of rotatable bonds is 1. The van der Waals surface area contributed by atoms with E-state index in [1.54, 1.807) is 5.57 Å². The van der Waals surface area contributed by atoms with Crippen molar-refractivity contribution in [2.75, 3.05) is 0 Å². The van der Waals surface area contributed by atoms with Crippen LogP contribution in [0.5, 0.6) is 0 Å².